The Hall–Kier alpha value is -1.77. The van der Waals surface area contributed by atoms with Crippen LogP contribution in [0.15, 0.2) is 30.3 Å². The Labute approximate surface area is 121 Å². The molecule has 0 N–H and O–H groups in total. The molecular formula is C17H23NO2. The average Bonchev–Trinajstić information content (AvgIpc) is 2.66. The predicted molar refractivity (Wildman–Crippen MR) is 81.4 cm³/mol. The lowest BCUT2D eigenvalue weighted by Crippen LogP contribution is -2.42. The van der Waals surface area contributed by atoms with Crippen LogP contribution >= 0.6 is 0 Å². The first-order valence-electron chi connectivity index (χ1n) is 7.23. The molecule has 0 saturated carbocycles. The lowest BCUT2D eigenvalue weighted by atomic mass is 10.0. The molecule has 1 atom stereocenters. The normalized spacial score (nSPS) is 17.1. The molecule has 3 heteroatoms. The van der Waals surface area contributed by atoms with E-state index in [2.05, 4.69) is 13.0 Å². The molecular weight excluding hydrogens is 250 g/mol. The Morgan fingerprint density at radius 1 is 1.15 bits per heavy atom. The number of nitrogens with zero attached hydrogens (tertiary/aromatic N) is 1. The Morgan fingerprint density at radius 2 is 1.75 bits per heavy atom. The zero-order chi connectivity index (χ0) is 14.9. The van der Waals surface area contributed by atoms with Crippen LogP contribution in [0.5, 0.6) is 0 Å². The number of hydrogen-bond donors (Lipinski definition) is 0. The van der Waals surface area contributed by atoms with Gasteiger partial charge in [-0.3, -0.25) is 0 Å². The van der Waals surface area contributed by atoms with Crippen LogP contribution in [0.1, 0.15) is 51.7 Å². The number of ether oxygens (including phenoxy) is 1. The molecule has 1 aliphatic carbocycles. The minimum absolute atomic E-state index is 0.122. The first-order chi connectivity index (χ1) is 9.41. The standard InChI is InChI=1S/C17H23NO2/c1-11(2)18(12(3)4)17(19)20-16-10-13(5)14-8-6-7-9-15(14)16/h6-13H,1-5H3/t13-/m0/s1. The maximum absolute atomic E-state index is 12.4. The highest BCUT2D eigenvalue weighted by molar-refractivity contribution is 5.80. The van der Waals surface area contributed by atoms with Gasteiger partial charge in [0, 0.05) is 23.6 Å². The van der Waals surface area contributed by atoms with Gasteiger partial charge in [-0.1, -0.05) is 31.2 Å². The molecule has 1 aliphatic rings. The highest BCUT2D eigenvalue weighted by atomic mass is 16.6. The molecule has 0 radical (unpaired) electrons. The number of fused-ring (bicyclic) bond motifs is 1. The van der Waals surface area contributed by atoms with E-state index < -0.39 is 0 Å². The van der Waals surface area contributed by atoms with Crippen molar-refractivity contribution in [1.29, 1.82) is 0 Å². The van der Waals surface area contributed by atoms with E-state index in [9.17, 15) is 4.79 Å². The van der Waals surface area contributed by atoms with E-state index in [1.807, 2.05) is 52.0 Å². The second-order valence-electron chi connectivity index (χ2n) is 5.87. The number of carbonyl (C=O) groups excluding carboxylic acids is 1. The van der Waals surface area contributed by atoms with Gasteiger partial charge in [-0.2, -0.15) is 0 Å². The molecule has 0 unspecified atom stereocenters. The van der Waals surface area contributed by atoms with Gasteiger partial charge in [0.05, 0.1) is 0 Å². The molecule has 2 rings (SSSR count). The van der Waals surface area contributed by atoms with Crippen molar-refractivity contribution >= 4 is 11.9 Å². The van der Waals surface area contributed by atoms with Crippen LogP contribution in [0.3, 0.4) is 0 Å². The van der Waals surface area contributed by atoms with Gasteiger partial charge in [-0.15, -0.1) is 0 Å². The minimum atomic E-state index is -0.273. The zero-order valence-corrected chi connectivity index (χ0v) is 12.9. The first kappa shape index (κ1) is 14.6. The van der Waals surface area contributed by atoms with Crippen molar-refractivity contribution in [2.75, 3.05) is 0 Å². The van der Waals surface area contributed by atoms with Crippen molar-refractivity contribution < 1.29 is 9.53 Å². The van der Waals surface area contributed by atoms with Crippen LogP contribution in [0.25, 0.3) is 5.76 Å². The summed E-state index contributed by atoms with van der Waals surface area (Å²) in [6.45, 7) is 10.1. The van der Waals surface area contributed by atoms with Crippen LogP contribution in [0.2, 0.25) is 0 Å². The van der Waals surface area contributed by atoms with Gasteiger partial charge < -0.3 is 9.64 Å². The van der Waals surface area contributed by atoms with Crippen LogP contribution in [0, 0.1) is 0 Å². The molecule has 20 heavy (non-hydrogen) atoms. The molecule has 3 nitrogen and oxygen atoms in total. The lowest BCUT2D eigenvalue weighted by molar-refractivity contribution is 0.115. The van der Waals surface area contributed by atoms with E-state index in [0.29, 0.717) is 11.7 Å². The Balaban J connectivity index is 2.19. The highest BCUT2D eigenvalue weighted by Gasteiger charge is 2.27. The fourth-order valence-electron chi connectivity index (χ4n) is 2.78. The van der Waals surface area contributed by atoms with Crippen LogP contribution in [-0.2, 0) is 4.74 Å². The quantitative estimate of drug-likeness (QED) is 0.817. The Kier molecular flexibility index (Phi) is 4.17. The molecule has 0 aromatic heterocycles. The summed E-state index contributed by atoms with van der Waals surface area (Å²) in [7, 11) is 0. The molecule has 1 aromatic rings. The monoisotopic (exact) mass is 273 g/mol. The van der Waals surface area contributed by atoms with Gasteiger partial charge in [-0.25, -0.2) is 4.79 Å². The topological polar surface area (TPSA) is 29.5 Å². The fourth-order valence-corrected chi connectivity index (χ4v) is 2.78. The zero-order valence-electron chi connectivity index (χ0n) is 12.9. The molecule has 1 amide bonds. The number of hydrogen-bond acceptors (Lipinski definition) is 2. The minimum Gasteiger partial charge on any atom is -0.410 e. The van der Waals surface area contributed by atoms with E-state index in [1.54, 1.807) is 4.90 Å². The predicted octanol–water partition coefficient (Wildman–Crippen LogP) is 4.40. The van der Waals surface area contributed by atoms with Gasteiger partial charge in [0.25, 0.3) is 0 Å². The van der Waals surface area contributed by atoms with Crippen molar-refractivity contribution in [3.63, 3.8) is 0 Å². The van der Waals surface area contributed by atoms with Gasteiger partial charge >= 0.3 is 6.09 Å². The number of allylic oxidation sites excluding steroid dienone is 1. The highest BCUT2D eigenvalue weighted by Crippen LogP contribution is 2.36. The average molecular weight is 273 g/mol. The molecule has 1 aromatic carbocycles. The molecule has 0 bridgehead atoms. The van der Waals surface area contributed by atoms with Crippen LogP contribution in [0.4, 0.5) is 4.79 Å². The summed E-state index contributed by atoms with van der Waals surface area (Å²) in [5.41, 5.74) is 2.25. The summed E-state index contributed by atoms with van der Waals surface area (Å²) in [5, 5.41) is 0. The lowest BCUT2D eigenvalue weighted by Gasteiger charge is -2.29. The van der Waals surface area contributed by atoms with Crippen molar-refractivity contribution in [2.24, 2.45) is 0 Å². The molecule has 0 saturated heterocycles. The van der Waals surface area contributed by atoms with Crippen molar-refractivity contribution in [3.05, 3.63) is 41.5 Å². The van der Waals surface area contributed by atoms with Crippen LogP contribution in [-0.4, -0.2) is 23.1 Å². The van der Waals surface area contributed by atoms with Crippen LogP contribution < -0.4 is 0 Å². The van der Waals surface area contributed by atoms with E-state index in [4.69, 9.17) is 4.74 Å². The number of amides is 1. The molecule has 0 spiro atoms. The molecule has 0 heterocycles. The van der Waals surface area contributed by atoms with Crippen molar-refractivity contribution in [3.8, 4) is 0 Å². The fraction of sp³-hybridized carbons (Fsp3) is 0.471. The summed E-state index contributed by atoms with van der Waals surface area (Å²) in [6.07, 6.45) is 1.74. The third-order valence-corrected chi connectivity index (χ3v) is 3.64. The largest absolute Gasteiger partial charge is 0.415 e. The van der Waals surface area contributed by atoms with Gasteiger partial charge in [0.2, 0.25) is 0 Å². The van der Waals surface area contributed by atoms with Gasteiger partial charge in [-0.05, 0) is 39.3 Å². The van der Waals surface area contributed by atoms with Gasteiger partial charge in [0.15, 0.2) is 0 Å². The number of rotatable bonds is 3. The van der Waals surface area contributed by atoms with E-state index in [1.165, 1.54) is 5.56 Å². The van der Waals surface area contributed by atoms with E-state index in [-0.39, 0.29) is 18.2 Å². The van der Waals surface area contributed by atoms with Gasteiger partial charge in [0.1, 0.15) is 5.76 Å². The summed E-state index contributed by atoms with van der Waals surface area (Å²) in [5.74, 6) is 0.977. The van der Waals surface area contributed by atoms with E-state index >= 15 is 0 Å². The molecule has 0 fully saturated rings. The summed E-state index contributed by atoms with van der Waals surface area (Å²) in [4.78, 5) is 14.1. The summed E-state index contributed by atoms with van der Waals surface area (Å²) in [6, 6.07) is 8.32. The maximum Gasteiger partial charge on any atom is 0.415 e. The second kappa shape index (κ2) is 5.70. The molecule has 108 valence electrons. The van der Waals surface area contributed by atoms with Crippen molar-refractivity contribution in [2.45, 2.75) is 52.6 Å². The first-order valence-corrected chi connectivity index (χ1v) is 7.23. The Morgan fingerprint density at radius 3 is 2.35 bits per heavy atom. The second-order valence-corrected chi connectivity index (χ2v) is 5.87. The van der Waals surface area contributed by atoms with Crippen molar-refractivity contribution in [1.82, 2.24) is 4.90 Å². The summed E-state index contributed by atoms with van der Waals surface area (Å²) >= 11 is 0. The SMILES string of the molecule is CC(C)N(C(=O)OC1=C[C@H](C)c2ccccc21)C(C)C. The Bertz CT molecular complexity index is 524. The molecule has 0 aliphatic heterocycles. The third-order valence-electron chi connectivity index (χ3n) is 3.64. The van der Waals surface area contributed by atoms with E-state index in [0.717, 1.165) is 5.56 Å². The maximum atomic E-state index is 12.4. The summed E-state index contributed by atoms with van der Waals surface area (Å²) < 4.78 is 5.64. The number of carbonyl (C=O) groups is 1. The number of benzene rings is 1. The smallest absolute Gasteiger partial charge is 0.410 e. The third kappa shape index (κ3) is 2.72.